The van der Waals surface area contributed by atoms with Gasteiger partial charge >= 0.3 is 0 Å². The first-order chi connectivity index (χ1) is 11.3. The van der Waals surface area contributed by atoms with Crippen molar-refractivity contribution in [1.82, 2.24) is 10.2 Å². The molecule has 0 radical (unpaired) electrons. The Kier molecular flexibility index (Phi) is 4.74. The number of hydrogen-bond acceptors (Lipinski definition) is 4. The SMILES string of the molecule is N#Cc1ccc(CN2CCC[C@@H]2C(=O)NCc2ccco2)cc1. The zero-order valence-corrected chi connectivity index (χ0v) is 12.9. The molecule has 1 aromatic heterocycles. The molecule has 0 unspecified atom stereocenters. The number of carbonyl (C=O) groups excluding carboxylic acids is 1. The molecule has 0 saturated carbocycles. The molecule has 3 rings (SSSR count). The predicted octanol–water partition coefficient (Wildman–Crippen LogP) is 2.43. The number of rotatable bonds is 5. The molecule has 118 valence electrons. The molecule has 1 amide bonds. The summed E-state index contributed by atoms with van der Waals surface area (Å²) in [7, 11) is 0. The molecule has 0 aliphatic carbocycles. The molecule has 2 heterocycles. The summed E-state index contributed by atoms with van der Waals surface area (Å²) in [6.07, 6.45) is 3.50. The summed E-state index contributed by atoms with van der Waals surface area (Å²) in [6.45, 7) is 2.07. The summed E-state index contributed by atoms with van der Waals surface area (Å²) in [6, 6.07) is 13.2. The molecule has 1 fully saturated rings. The van der Waals surface area contributed by atoms with Crippen molar-refractivity contribution in [2.45, 2.75) is 32.0 Å². The van der Waals surface area contributed by atoms with Crippen molar-refractivity contribution in [3.8, 4) is 6.07 Å². The van der Waals surface area contributed by atoms with Gasteiger partial charge in [-0.15, -0.1) is 0 Å². The minimum Gasteiger partial charge on any atom is -0.467 e. The maximum Gasteiger partial charge on any atom is 0.237 e. The van der Waals surface area contributed by atoms with Crippen LogP contribution in [0, 0.1) is 11.3 Å². The molecule has 1 N–H and O–H groups in total. The third kappa shape index (κ3) is 3.79. The van der Waals surface area contributed by atoms with Crippen LogP contribution in [0.4, 0.5) is 0 Å². The lowest BCUT2D eigenvalue weighted by Crippen LogP contribution is -2.42. The third-order valence-corrected chi connectivity index (χ3v) is 4.15. The molecule has 5 heteroatoms. The quantitative estimate of drug-likeness (QED) is 0.921. The molecular formula is C18H19N3O2. The van der Waals surface area contributed by atoms with E-state index < -0.39 is 0 Å². The van der Waals surface area contributed by atoms with Crippen molar-refractivity contribution in [2.24, 2.45) is 0 Å². The van der Waals surface area contributed by atoms with Gasteiger partial charge in [0.05, 0.1) is 30.5 Å². The van der Waals surface area contributed by atoms with Crippen molar-refractivity contribution in [2.75, 3.05) is 6.54 Å². The van der Waals surface area contributed by atoms with Gasteiger partial charge in [0.25, 0.3) is 0 Å². The molecule has 1 aromatic carbocycles. The highest BCUT2D eigenvalue weighted by Gasteiger charge is 2.30. The van der Waals surface area contributed by atoms with Crippen LogP contribution in [0.3, 0.4) is 0 Å². The Balaban J connectivity index is 1.58. The van der Waals surface area contributed by atoms with Crippen LogP contribution >= 0.6 is 0 Å². The van der Waals surface area contributed by atoms with Gasteiger partial charge < -0.3 is 9.73 Å². The molecule has 0 bridgehead atoms. The monoisotopic (exact) mass is 309 g/mol. The van der Waals surface area contributed by atoms with E-state index in [1.54, 1.807) is 6.26 Å². The Hall–Kier alpha value is -2.58. The standard InChI is InChI=1S/C18H19N3O2/c19-11-14-5-7-15(8-6-14)13-21-9-1-4-17(21)18(22)20-12-16-3-2-10-23-16/h2-3,5-8,10,17H,1,4,9,12-13H2,(H,20,22)/t17-/m1/s1. The van der Waals surface area contributed by atoms with Crippen molar-refractivity contribution >= 4 is 5.91 Å². The fourth-order valence-electron chi connectivity index (χ4n) is 2.94. The zero-order valence-electron chi connectivity index (χ0n) is 12.9. The maximum absolute atomic E-state index is 12.4. The molecule has 23 heavy (non-hydrogen) atoms. The van der Waals surface area contributed by atoms with Crippen LogP contribution in [-0.4, -0.2) is 23.4 Å². The second kappa shape index (κ2) is 7.12. The highest BCUT2D eigenvalue weighted by atomic mass is 16.3. The van der Waals surface area contributed by atoms with Crippen molar-refractivity contribution < 1.29 is 9.21 Å². The van der Waals surface area contributed by atoms with E-state index in [0.29, 0.717) is 12.1 Å². The number of carbonyl (C=O) groups is 1. The van der Waals surface area contributed by atoms with Gasteiger partial charge in [-0.3, -0.25) is 9.69 Å². The summed E-state index contributed by atoms with van der Waals surface area (Å²) in [5.74, 6) is 0.808. The van der Waals surface area contributed by atoms with Gasteiger partial charge in [0.1, 0.15) is 5.76 Å². The summed E-state index contributed by atoms with van der Waals surface area (Å²) >= 11 is 0. The molecule has 1 aliphatic heterocycles. The van der Waals surface area contributed by atoms with Gasteiger partial charge in [0.15, 0.2) is 0 Å². The molecule has 1 saturated heterocycles. The molecule has 5 nitrogen and oxygen atoms in total. The highest BCUT2D eigenvalue weighted by molar-refractivity contribution is 5.81. The van der Waals surface area contributed by atoms with Crippen LogP contribution in [0.25, 0.3) is 0 Å². The first-order valence-corrected chi connectivity index (χ1v) is 7.79. The lowest BCUT2D eigenvalue weighted by atomic mass is 10.1. The van der Waals surface area contributed by atoms with Crippen LogP contribution in [-0.2, 0) is 17.9 Å². The number of nitrogens with zero attached hydrogens (tertiary/aromatic N) is 2. The van der Waals surface area contributed by atoms with E-state index in [9.17, 15) is 4.79 Å². The Morgan fingerprint density at radius 3 is 2.87 bits per heavy atom. The normalized spacial score (nSPS) is 17.8. The number of benzene rings is 1. The molecule has 1 atom stereocenters. The largest absolute Gasteiger partial charge is 0.467 e. The Morgan fingerprint density at radius 2 is 2.17 bits per heavy atom. The highest BCUT2D eigenvalue weighted by Crippen LogP contribution is 2.20. The van der Waals surface area contributed by atoms with E-state index >= 15 is 0 Å². The second-order valence-electron chi connectivity index (χ2n) is 5.73. The summed E-state index contributed by atoms with van der Waals surface area (Å²) in [5.41, 5.74) is 1.78. The number of nitriles is 1. The van der Waals surface area contributed by atoms with Crippen molar-refractivity contribution in [3.05, 3.63) is 59.5 Å². The number of hydrogen-bond donors (Lipinski definition) is 1. The smallest absolute Gasteiger partial charge is 0.237 e. The first-order valence-electron chi connectivity index (χ1n) is 7.79. The van der Waals surface area contributed by atoms with Gasteiger partial charge in [0.2, 0.25) is 5.91 Å². The van der Waals surface area contributed by atoms with E-state index in [2.05, 4.69) is 16.3 Å². The van der Waals surface area contributed by atoms with Gasteiger partial charge in [-0.1, -0.05) is 12.1 Å². The molecular weight excluding hydrogens is 290 g/mol. The van der Waals surface area contributed by atoms with E-state index in [0.717, 1.165) is 37.3 Å². The van der Waals surface area contributed by atoms with Gasteiger partial charge in [0, 0.05) is 6.54 Å². The number of furan rings is 1. The summed E-state index contributed by atoms with van der Waals surface area (Å²) in [4.78, 5) is 14.6. The van der Waals surface area contributed by atoms with Crippen LogP contribution in [0.5, 0.6) is 0 Å². The third-order valence-electron chi connectivity index (χ3n) is 4.15. The van der Waals surface area contributed by atoms with Crippen molar-refractivity contribution in [1.29, 1.82) is 5.26 Å². The lowest BCUT2D eigenvalue weighted by Gasteiger charge is -2.23. The first kappa shape index (κ1) is 15.3. The predicted molar refractivity (Wildman–Crippen MR) is 85.1 cm³/mol. The fraction of sp³-hybridized carbons (Fsp3) is 0.333. The minimum absolute atomic E-state index is 0.0487. The Morgan fingerprint density at radius 1 is 1.35 bits per heavy atom. The van der Waals surface area contributed by atoms with Gasteiger partial charge in [-0.2, -0.15) is 5.26 Å². The molecule has 0 spiro atoms. The van der Waals surface area contributed by atoms with Gasteiger partial charge in [-0.25, -0.2) is 0 Å². The van der Waals surface area contributed by atoms with Crippen LogP contribution in [0.15, 0.2) is 47.1 Å². The number of amides is 1. The molecule has 2 aromatic rings. The second-order valence-corrected chi connectivity index (χ2v) is 5.73. The fourth-order valence-corrected chi connectivity index (χ4v) is 2.94. The number of likely N-dealkylation sites (tertiary alicyclic amines) is 1. The maximum atomic E-state index is 12.4. The molecule has 1 aliphatic rings. The minimum atomic E-state index is -0.0967. The van der Waals surface area contributed by atoms with Crippen molar-refractivity contribution in [3.63, 3.8) is 0 Å². The Labute approximate surface area is 135 Å². The Bertz CT molecular complexity index is 686. The van der Waals surface area contributed by atoms with Crippen LogP contribution in [0.1, 0.15) is 29.7 Å². The van der Waals surface area contributed by atoms with E-state index in [4.69, 9.17) is 9.68 Å². The summed E-state index contributed by atoms with van der Waals surface area (Å²) in [5, 5.41) is 11.8. The average Bonchev–Trinajstić information content (AvgIpc) is 3.25. The van der Waals surface area contributed by atoms with Crippen LogP contribution in [0.2, 0.25) is 0 Å². The topological polar surface area (TPSA) is 69.3 Å². The van der Waals surface area contributed by atoms with Gasteiger partial charge in [-0.05, 0) is 49.2 Å². The lowest BCUT2D eigenvalue weighted by molar-refractivity contribution is -0.125. The van der Waals surface area contributed by atoms with Crippen LogP contribution < -0.4 is 5.32 Å². The zero-order chi connectivity index (χ0) is 16.1. The van der Waals surface area contributed by atoms with E-state index in [1.165, 1.54) is 0 Å². The average molecular weight is 309 g/mol. The number of nitrogens with one attached hydrogen (secondary N) is 1. The van der Waals surface area contributed by atoms with E-state index in [1.807, 2.05) is 36.4 Å². The summed E-state index contributed by atoms with van der Waals surface area (Å²) < 4.78 is 5.24. The van der Waals surface area contributed by atoms with E-state index in [-0.39, 0.29) is 11.9 Å².